The molecule has 0 aromatic heterocycles. The molecule has 0 radical (unpaired) electrons. The molecule has 0 saturated carbocycles. The molecule has 2 aromatic rings. The fourth-order valence-electron chi connectivity index (χ4n) is 2.30. The van der Waals surface area contributed by atoms with Crippen LogP contribution in [-0.2, 0) is 4.79 Å². The third-order valence-corrected chi connectivity index (χ3v) is 3.15. The van der Waals surface area contributed by atoms with Crippen LogP contribution in [0.5, 0.6) is 5.75 Å². The molecule has 0 fully saturated rings. The van der Waals surface area contributed by atoms with Crippen LogP contribution in [0.25, 0.3) is 0 Å². The van der Waals surface area contributed by atoms with Crippen molar-refractivity contribution in [2.45, 2.75) is 6.04 Å². The van der Waals surface area contributed by atoms with Gasteiger partial charge in [-0.05, 0) is 30.3 Å². The lowest BCUT2D eigenvalue weighted by atomic mass is 9.97. The highest BCUT2D eigenvalue weighted by Gasteiger charge is 2.20. The van der Waals surface area contributed by atoms with Gasteiger partial charge in [0.1, 0.15) is 5.75 Å². The lowest BCUT2D eigenvalue weighted by Crippen LogP contribution is -2.30. The van der Waals surface area contributed by atoms with Crippen molar-refractivity contribution >= 4 is 5.97 Å². The Hall–Kier alpha value is -2.33. The molecular weight excluding hydrogens is 254 g/mol. The highest BCUT2D eigenvalue weighted by molar-refractivity contribution is 5.69. The normalized spacial score (nSPS) is 12.3. The molecule has 20 heavy (non-hydrogen) atoms. The molecule has 0 aliphatic rings. The second kappa shape index (κ2) is 6.21. The topological polar surface area (TPSA) is 60.8 Å². The molecule has 1 unspecified atom stereocenters. The van der Waals surface area contributed by atoms with Crippen LogP contribution >= 0.6 is 0 Å². The summed E-state index contributed by atoms with van der Waals surface area (Å²) in [5.41, 5.74) is 1.96. The van der Waals surface area contributed by atoms with Gasteiger partial charge in [0.15, 0.2) is 0 Å². The van der Waals surface area contributed by atoms with E-state index in [1.54, 1.807) is 24.1 Å². The van der Waals surface area contributed by atoms with Gasteiger partial charge in [0.2, 0.25) is 0 Å². The number of rotatable bonds is 5. The maximum atomic E-state index is 10.9. The Morgan fingerprint density at radius 3 is 2.15 bits per heavy atom. The zero-order valence-corrected chi connectivity index (χ0v) is 11.2. The highest BCUT2D eigenvalue weighted by atomic mass is 16.4. The molecule has 0 bridgehead atoms. The summed E-state index contributed by atoms with van der Waals surface area (Å²) in [6.45, 7) is -0.0551. The van der Waals surface area contributed by atoms with E-state index >= 15 is 0 Å². The minimum Gasteiger partial charge on any atom is -0.508 e. The average molecular weight is 271 g/mol. The summed E-state index contributed by atoms with van der Waals surface area (Å²) in [6.07, 6.45) is 0. The van der Waals surface area contributed by atoms with Crippen LogP contribution in [0.4, 0.5) is 0 Å². The number of benzene rings is 2. The predicted molar refractivity (Wildman–Crippen MR) is 76.7 cm³/mol. The molecule has 0 spiro atoms. The lowest BCUT2D eigenvalue weighted by Gasteiger charge is -2.27. The van der Waals surface area contributed by atoms with E-state index in [-0.39, 0.29) is 18.3 Å². The number of hydrogen-bond acceptors (Lipinski definition) is 3. The number of phenols is 1. The number of carboxylic acids is 1. The van der Waals surface area contributed by atoms with Gasteiger partial charge in [-0.15, -0.1) is 0 Å². The van der Waals surface area contributed by atoms with Crippen LogP contribution in [0.1, 0.15) is 17.2 Å². The van der Waals surface area contributed by atoms with Crippen molar-refractivity contribution in [1.29, 1.82) is 0 Å². The molecule has 1 atom stereocenters. The number of likely N-dealkylation sites (N-methyl/N-ethyl adjacent to an activating group) is 1. The third kappa shape index (κ3) is 3.36. The number of hydrogen-bond donors (Lipinski definition) is 2. The number of nitrogens with zero attached hydrogens (tertiary/aromatic N) is 1. The van der Waals surface area contributed by atoms with Crippen LogP contribution in [0.2, 0.25) is 0 Å². The van der Waals surface area contributed by atoms with Crippen molar-refractivity contribution < 1.29 is 15.0 Å². The summed E-state index contributed by atoms with van der Waals surface area (Å²) in [5.74, 6) is -0.673. The first-order chi connectivity index (χ1) is 9.58. The van der Waals surface area contributed by atoms with Crippen LogP contribution in [0.3, 0.4) is 0 Å². The zero-order valence-electron chi connectivity index (χ0n) is 11.2. The van der Waals surface area contributed by atoms with Gasteiger partial charge in [-0.25, -0.2) is 0 Å². The molecule has 0 aliphatic heterocycles. The molecule has 104 valence electrons. The number of phenolic OH excluding ortho intramolecular Hbond substituents is 1. The quantitative estimate of drug-likeness (QED) is 0.877. The SMILES string of the molecule is CN(CC(=O)O)C(c1ccccc1)c1ccc(O)cc1. The van der Waals surface area contributed by atoms with Gasteiger partial charge in [-0.2, -0.15) is 0 Å². The van der Waals surface area contributed by atoms with Gasteiger partial charge in [-0.1, -0.05) is 42.5 Å². The summed E-state index contributed by atoms with van der Waals surface area (Å²) in [4.78, 5) is 12.7. The summed E-state index contributed by atoms with van der Waals surface area (Å²) in [5, 5.41) is 18.4. The molecule has 2 N–H and O–H groups in total. The maximum absolute atomic E-state index is 10.9. The van der Waals surface area contributed by atoms with Crippen molar-refractivity contribution in [3.05, 3.63) is 65.7 Å². The summed E-state index contributed by atoms with van der Waals surface area (Å²) in [7, 11) is 1.78. The summed E-state index contributed by atoms with van der Waals surface area (Å²) in [6, 6.07) is 16.4. The molecule has 0 saturated heterocycles. The molecule has 2 aromatic carbocycles. The maximum Gasteiger partial charge on any atom is 0.317 e. The van der Waals surface area contributed by atoms with Gasteiger partial charge >= 0.3 is 5.97 Å². The van der Waals surface area contributed by atoms with Crippen LogP contribution in [0.15, 0.2) is 54.6 Å². The standard InChI is InChI=1S/C16H17NO3/c1-17(11-15(19)20)16(12-5-3-2-4-6-12)13-7-9-14(18)10-8-13/h2-10,16,18H,11H2,1H3,(H,19,20). The molecular formula is C16H17NO3. The first kappa shape index (κ1) is 14.1. The summed E-state index contributed by atoms with van der Waals surface area (Å²) >= 11 is 0. The number of carbonyl (C=O) groups is 1. The van der Waals surface area contributed by atoms with E-state index in [2.05, 4.69) is 0 Å². The average Bonchev–Trinajstić information content (AvgIpc) is 2.42. The van der Waals surface area contributed by atoms with Gasteiger partial charge in [0.05, 0.1) is 12.6 Å². The van der Waals surface area contributed by atoms with E-state index in [9.17, 15) is 9.90 Å². The van der Waals surface area contributed by atoms with Crippen molar-refractivity contribution in [2.75, 3.05) is 13.6 Å². The second-order valence-corrected chi connectivity index (χ2v) is 4.71. The van der Waals surface area contributed by atoms with E-state index in [1.165, 1.54) is 0 Å². The Morgan fingerprint density at radius 2 is 1.60 bits per heavy atom. The Kier molecular flexibility index (Phi) is 4.38. The molecule has 4 heteroatoms. The van der Waals surface area contributed by atoms with Crippen molar-refractivity contribution in [3.63, 3.8) is 0 Å². The monoisotopic (exact) mass is 271 g/mol. The fourth-order valence-corrected chi connectivity index (χ4v) is 2.30. The van der Waals surface area contributed by atoms with E-state index in [0.717, 1.165) is 11.1 Å². The Bertz CT molecular complexity index is 566. The number of carboxylic acid groups (broad SMARTS) is 1. The molecule has 0 amide bonds. The van der Waals surface area contributed by atoms with Gasteiger partial charge in [0, 0.05) is 0 Å². The number of aliphatic carboxylic acids is 1. The largest absolute Gasteiger partial charge is 0.508 e. The van der Waals surface area contributed by atoms with E-state index in [0.29, 0.717) is 0 Å². The van der Waals surface area contributed by atoms with Crippen molar-refractivity contribution in [1.82, 2.24) is 4.90 Å². The van der Waals surface area contributed by atoms with E-state index in [4.69, 9.17) is 5.11 Å². The van der Waals surface area contributed by atoms with Crippen LogP contribution in [-0.4, -0.2) is 34.7 Å². The Labute approximate surface area is 117 Å². The first-order valence-electron chi connectivity index (χ1n) is 6.34. The fraction of sp³-hybridized carbons (Fsp3) is 0.188. The molecule has 0 aliphatic carbocycles. The van der Waals surface area contributed by atoms with Crippen molar-refractivity contribution in [3.8, 4) is 5.75 Å². The molecule has 0 heterocycles. The minimum atomic E-state index is -0.868. The smallest absolute Gasteiger partial charge is 0.317 e. The predicted octanol–water partition coefficient (Wildman–Crippen LogP) is 2.50. The Balaban J connectivity index is 2.38. The lowest BCUT2D eigenvalue weighted by molar-refractivity contribution is -0.138. The first-order valence-corrected chi connectivity index (χ1v) is 6.34. The van der Waals surface area contributed by atoms with Crippen molar-refractivity contribution in [2.24, 2.45) is 0 Å². The summed E-state index contributed by atoms with van der Waals surface area (Å²) < 4.78 is 0. The molecule has 4 nitrogen and oxygen atoms in total. The van der Waals surface area contributed by atoms with Crippen LogP contribution < -0.4 is 0 Å². The van der Waals surface area contributed by atoms with Gasteiger partial charge in [-0.3, -0.25) is 9.69 Å². The molecule has 2 rings (SSSR count). The zero-order chi connectivity index (χ0) is 14.5. The number of aromatic hydroxyl groups is 1. The van der Waals surface area contributed by atoms with E-state index in [1.807, 2.05) is 42.5 Å². The van der Waals surface area contributed by atoms with Crippen LogP contribution in [0, 0.1) is 0 Å². The second-order valence-electron chi connectivity index (χ2n) is 4.71. The minimum absolute atomic E-state index is 0.0551. The van der Waals surface area contributed by atoms with E-state index < -0.39 is 5.97 Å². The van der Waals surface area contributed by atoms with Gasteiger partial charge in [0.25, 0.3) is 0 Å². The Morgan fingerprint density at radius 1 is 1.05 bits per heavy atom. The third-order valence-electron chi connectivity index (χ3n) is 3.15. The van der Waals surface area contributed by atoms with Gasteiger partial charge < -0.3 is 10.2 Å². The highest BCUT2D eigenvalue weighted by Crippen LogP contribution is 2.28.